The average molecular weight is 803 g/mol. The van der Waals surface area contributed by atoms with Gasteiger partial charge in [-0.2, -0.15) is 0 Å². The first-order valence-electron chi connectivity index (χ1n) is 22.3. The zero-order valence-electron chi connectivity index (χ0n) is 35.2. The van der Waals surface area contributed by atoms with E-state index >= 15 is 0 Å². The number of aliphatic hydroxyl groups is 2. The number of aliphatic hydroxyl groups excluding tert-OH is 2. The second-order valence-electron chi connectivity index (χ2n) is 15.1. The number of hydrogen-bond donors (Lipinski definition) is 3. The summed E-state index contributed by atoms with van der Waals surface area (Å²) in [6, 6.07) is 0. The molecule has 0 aromatic carbocycles. The summed E-state index contributed by atoms with van der Waals surface area (Å²) in [6.45, 7) is 2.36. The first kappa shape index (κ1) is 53.5. The van der Waals surface area contributed by atoms with Crippen LogP contribution in [-0.4, -0.2) is 65.7 Å². The molecule has 0 aliphatic rings. The van der Waals surface area contributed by atoms with Crippen LogP contribution < -0.4 is 0 Å². The van der Waals surface area contributed by atoms with Gasteiger partial charge in [-0.15, -0.1) is 0 Å². The maximum absolute atomic E-state index is 12.6. The molecular formula is C44H83O10P. The third-order valence-corrected chi connectivity index (χ3v) is 10.5. The predicted octanol–water partition coefficient (Wildman–Crippen LogP) is 11.8. The molecule has 0 amide bonds. The van der Waals surface area contributed by atoms with Gasteiger partial charge < -0.3 is 24.6 Å². The molecule has 0 fully saturated rings. The molecule has 1 unspecified atom stereocenters. The molecule has 11 heteroatoms. The van der Waals surface area contributed by atoms with Gasteiger partial charge in [-0.1, -0.05) is 154 Å². The average Bonchev–Trinajstić information content (AvgIpc) is 3.17. The van der Waals surface area contributed by atoms with Crippen molar-refractivity contribution in [1.82, 2.24) is 0 Å². The maximum Gasteiger partial charge on any atom is 0.472 e. The summed E-state index contributed by atoms with van der Waals surface area (Å²) in [5, 5.41) is 18.3. The highest BCUT2D eigenvalue weighted by Crippen LogP contribution is 2.43. The lowest BCUT2D eigenvalue weighted by Gasteiger charge is -2.20. The molecule has 0 saturated heterocycles. The molecule has 0 aromatic rings. The highest BCUT2D eigenvalue weighted by molar-refractivity contribution is 7.47. The van der Waals surface area contributed by atoms with E-state index in [4.69, 9.17) is 19.1 Å². The number of hydrogen-bond acceptors (Lipinski definition) is 9. The molecule has 0 heterocycles. The first-order valence-corrected chi connectivity index (χ1v) is 23.8. The molecule has 0 bridgehead atoms. The van der Waals surface area contributed by atoms with Crippen molar-refractivity contribution in [1.29, 1.82) is 0 Å². The number of allylic oxidation sites excluding steroid dienone is 4. The van der Waals surface area contributed by atoms with Crippen molar-refractivity contribution in [2.24, 2.45) is 0 Å². The Morgan fingerprint density at radius 3 is 1.33 bits per heavy atom. The van der Waals surface area contributed by atoms with Crippen LogP contribution >= 0.6 is 7.82 Å². The number of ether oxygens (including phenoxy) is 2. The van der Waals surface area contributed by atoms with Crippen LogP contribution in [0.4, 0.5) is 0 Å². The van der Waals surface area contributed by atoms with Crippen LogP contribution in [0.3, 0.4) is 0 Å². The minimum Gasteiger partial charge on any atom is -0.462 e. The van der Waals surface area contributed by atoms with E-state index in [0.717, 1.165) is 57.8 Å². The van der Waals surface area contributed by atoms with Crippen LogP contribution in [0.25, 0.3) is 0 Å². The summed E-state index contributed by atoms with van der Waals surface area (Å²) >= 11 is 0. The number of carbonyl (C=O) groups is 2. The van der Waals surface area contributed by atoms with Gasteiger partial charge in [-0.25, -0.2) is 4.57 Å². The van der Waals surface area contributed by atoms with Gasteiger partial charge in [-0.05, 0) is 64.2 Å². The Balaban J connectivity index is 4.25. The molecule has 55 heavy (non-hydrogen) atoms. The standard InChI is InChI=1S/C44H83O10P/c1-3-5-7-9-11-13-15-17-18-19-20-21-22-24-26-28-30-32-34-36-44(48)54-42(40-53-55(49,50)52-38-41(46)37-45)39-51-43(47)35-33-31-29-27-25-23-16-14-12-10-8-6-4-2/h14,16-18,41-42,45-46H,3-13,15,19-40H2,1-2H3,(H,49,50)/b16-14+,18-17+/t41-,42+/m0/s1. The SMILES string of the molecule is CCCCCC/C=C/CCCCCCCC(=O)OC[C@H](COP(=O)(O)OC[C@@H](O)CO)OC(=O)CCCCCCCCCCC/C=C/CCCCCCCC. The molecular weight excluding hydrogens is 719 g/mol. The minimum absolute atomic E-state index is 0.182. The molecule has 0 radical (unpaired) electrons. The van der Waals surface area contributed by atoms with Gasteiger partial charge in [0.2, 0.25) is 0 Å². The largest absolute Gasteiger partial charge is 0.472 e. The lowest BCUT2D eigenvalue weighted by molar-refractivity contribution is -0.161. The lowest BCUT2D eigenvalue weighted by Crippen LogP contribution is -2.29. The van der Waals surface area contributed by atoms with Crippen molar-refractivity contribution >= 4 is 19.8 Å². The Bertz CT molecular complexity index is 972. The Hall–Kier alpha value is -1.55. The molecule has 0 aliphatic carbocycles. The van der Waals surface area contributed by atoms with Crippen LogP contribution in [0.5, 0.6) is 0 Å². The highest BCUT2D eigenvalue weighted by atomic mass is 31.2. The third-order valence-electron chi connectivity index (χ3n) is 9.58. The van der Waals surface area contributed by atoms with E-state index in [1.165, 1.54) is 109 Å². The molecule has 0 aliphatic heterocycles. The van der Waals surface area contributed by atoms with Crippen LogP contribution in [0.1, 0.15) is 206 Å². The summed E-state index contributed by atoms with van der Waals surface area (Å²) in [6.07, 6.45) is 40.0. The Labute approximate surface area is 336 Å². The predicted molar refractivity (Wildman–Crippen MR) is 224 cm³/mol. The van der Waals surface area contributed by atoms with Crippen molar-refractivity contribution in [3.8, 4) is 0 Å². The van der Waals surface area contributed by atoms with Gasteiger partial charge in [0.25, 0.3) is 0 Å². The fourth-order valence-corrected chi connectivity index (χ4v) is 6.89. The van der Waals surface area contributed by atoms with Crippen molar-refractivity contribution < 1.29 is 47.8 Å². The zero-order chi connectivity index (χ0) is 40.5. The van der Waals surface area contributed by atoms with Crippen LogP contribution in [0.2, 0.25) is 0 Å². The molecule has 3 N–H and O–H groups in total. The fraction of sp³-hybridized carbons (Fsp3) is 0.864. The van der Waals surface area contributed by atoms with E-state index in [1.807, 2.05) is 0 Å². The van der Waals surface area contributed by atoms with Gasteiger partial charge in [0, 0.05) is 12.8 Å². The number of carbonyl (C=O) groups excluding carboxylic acids is 2. The summed E-state index contributed by atoms with van der Waals surface area (Å²) in [5.41, 5.74) is 0. The third kappa shape index (κ3) is 40.4. The van der Waals surface area contributed by atoms with Crippen LogP contribution in [0.15, 0.2) is 24.3 Å². The molecule has 3 atom stereocenters. The van der Waals surface area contributed by atoms with E-state index in [9.17, 15) is 24.2 Å². The fourth-order valence-electron chi connectivity index (χ4n) is 6.10. The highest BCUT2D eigenvalue weighted by Gasteiger charge is 2.27. The van der Waals surface area contributed by atoms with E-state index < -0.39 is 51.8 Å². The van der Waals surface area contributed by atoms with Gasteiger partial charge in [-0.3, -0.25) is 18.6 Å². The van der Waals surface area contributed by atoms with Gasteiger partial charge in [0.15, 0.2) is 6.10 Å². The molecule has 0 rings (SSSR count). The summed E-state index contributed by atoms with van der Waals surface area (Å²) in [5.74, 6) is -0.932. The van der Waals surface area contributed by atoms with Gasteiger partial charge in [0.1, 0.15) is 12.7 Å². The molecule has 0 spiro atoms. The smallest absolute Gasteiger partial charge is 0.462 e. The second-order valence-corrected chi connectivity index (χ2v) is 16.5. The Morgan fingerprint density at radius 2 is 0.891 bits per heavy atom. The van der Waals surface area contributed by atoms with Crippen molar-refractivity contribution in [3.63, 3.8) is 0 Å². The van der Waals surface area contributed by atoms with E-state index in [1.54, 1.807) is 0 Å². The monoisotopic (exact) mass is 803 g/mol. The van der Waals surface area contributed by atoms with Crippen molar-refractivity contribution in [2.75, 3.05) is 26.4 Å². The quantitative estimate of drug-likeness (QED) is 0.0236. The lowest BCUT2D eigenvalue weighted by atomic mass is 10.1. The number of phosphoric acid groups is 1. The summed E-state index contributed by atoms with van der Waals surface area (Å²) < 4.78 is 32.7. The summed E-state index contributed by atoms with van der Waals surface area (Å²) in [4.78, 5) is 35.0. The molecule has 0 saturated carbocycles. The van der Waals surface area contributed by atoms with Crippen molar-refractivity contribution in [3.05, 3.63) is 24.3 Å². The van der Waals surface area contributed by atoms with E-state index in [-0.39, 0.29) is 19.4 Å². The summed E-state index contributed by atoms with van der Waals surface area (Å²) in [7, 11) is -4.62. The number of rotatable bonds is 42. The molecule has 324 valence electrons. The normalized spacial score (nSPS) is 14.1. The number of unbranched alkanes of at least 4 members (excludes halogenated alkanes) is 24. The van der Waals surface area contributed by atoms with Crippen LogP contribution in [-0.2, 0) is 32.7 Å². The Kier molecular flexibility index (Phi) is 39.5. The number of phosphoric ester groups is 1. The van der Waals surface area contributed by atoms with Crippen molar-refractivity contribution in [2.45, 2.75) is 219 Å². The second kappa shape index (κ2) is 40.6. The van der Waals surface area contributed by atoms with Gasteiger partial charge in [0.05, 0.1) is 19.8 Å². The topological polar surface area (TPSA) is 149 Å². The molecule has 10 nitrogen and oxygen atoms in total. The minimum atomic E-state index is -4.62. The molecule has 0 aromatic heterocycles. The maximum atomic E-state index is 12.6. The van der Waals surface area contributed by atoms with E-state index in [2.05, 4.69) is 42.7 Å². The number of esters is 2. The zero-order valence-corrected chi connectivity index (χ0v) is 36.0. The van der Waals surface area contributed by atoms with E-state index in [0.29, 0.717) is 12.8 Å². The van der Waals surface area contributed by atoms with Crippen LogP contribution in [0, 0.1) is 0 Å². The Morgan fingerprint density at radius 1 is 0.527 bits per heavy atom. The van der Waals surface area contributed by atoms with Gasteiger partial charge >= 0.3 is 19.8 Å². The first-order chi connectivity index (χ1) is 26.7.